The topological polar surface area (TPSA) is 107 Å². The lowest BCUT2D eigenvalue weighted by molar-refractivity contribution is -0.274. The molecule has 3 N–H and O–H groups in total. The molecule has 1 heterocycles. The second-order valence-corrected chi connectivity index (χ2v) is 13.3. The Bertz CT molecular complexity index is 1880. The van der Waals surface area contributed by atoms with Crippen LogP contribution in [0.4, 0.5) is 36.8 Å². The molecule has 272 valence electrons. The number of aryl methyl sites for hydroxylation is 1. The lowest BCUT2D eigenvalue weighted by Gasteiger charge is -2.22. The second-order valence-electron chi connectivity index (χ2n) is 13.3. The van der Waals surface area contributed by atoms with Crippen LogP contribution in [0.25, 0.3) is 5.69 Å². The maximum Gasteiger partial charge on any atom is 0.573 e. The fourth-order valence-electron chi connectivity index (χ4n) is 5.33. The van der Waals surface area contributed by atoms with Gasteiger partial charge >= 0.3 is 18.6 Å². The highest BCUT2D eigenvalue weighted by Crippen LogP contribution is 2.34. The van der Waals surface area contributed by atoms with Crippen molar-refractivity contribution in [2.75, 3.05) is 11.9 Å². The summed E-state index contributed by atoms with van der Waals surface area (Å²) in [6, 6.07) is 17.0. The normalized spacial score (nSPS) is 14.2. The van der Waals surface area contributed by atoms with E-state index < -0.39 is 47.6 Å². The lowest BCUT2D eigenvalue weighted by Crippen LogP contribution is -2.32. The Labute approximate surface area is 290 Å². The first-order valence-corrected chi connectivity index (χ1v) is 16.1. The standard InChI is InChI=1S/C36H37F6N5O4/c1-21-13-25(17-28(14-21)50-36(40,41)42)31(43-19-22-11-12-22)24-8-6-9-26(16-24)45-32(48)29-18-30(35(37,38)39)46-47(29)27-10-5-7-23(15-27)20-44-33(49)51-34(2,3)4/h5-10,13-18,22,31,43H,11-12,19-20H2,1-4H3,(H,44,49)(H,45,48). The van der Waals surface area contributed by atoms with Crippen LogP contribution < -0.4 is 20.7 Å². The van der Waals surface area contributed by atoms with Crippen LogP contribution in [0.3, 0.4) is 0 Å². The molecule has 0 bridgehead atoms. The van der Waals surface area contributed by atoms with Gasteiger partial charge in [0.2, 0.25) is 0 Å². The Morgan fingerprint density at radius 3 is 2.31 bits per heavy atom. The zero-order chi connectivity index (χ0) is 37.1. The molecule has 1 saturated carbocycles. The first kappa shape index (κ1) is 37.2. The van der Waals surface area contributed by atoms with Crippen LogP contribution in [0.5, 0.6) is 5.75 Å². The SMILES string of the molecule is Cc1cc(OC(F)(F)F)cc(C(NCC2CC2)c2cccc(NC(=O)c3cc(C(F)(F)F)nn3-c3cccc(CNC(=O)OC(C)(C)C)c3)c2)c1. The zero-order valence-electron chi connectivity index (χ0n) is 28.2. The molecule has 1 aliphatic rings. The predicted octanol–water partition coefficient (Wildman–Crippen LogP) is 8.46. The van der Waals surface area contributed by atoms with Gasteiger partial charge < -0.3 is 25.4 Å². The molecule has 3 aromatic carbocycles. The van der Waals surface area contributed by atoms with Gasteiger partial charge in [-0.25, -0.2) is 9.48 Å². The molecule has 2 amide bonds. The molecule has 0 aliphatic heterocycles. The van der Waals surface area contributed by atoms with Crippen molar-refractivity contribution in [3.05, 3.63) is 106 Å². The van der Waals surface area contributed by atoms with Crippen molar-refractivity contribution < 1.29 is 45.4 Å². The molecule has 1 fully saturated rings. The van der Waals surface area contributed by atoms with Gasteiger partial charge in [0.1, 0.15) is 17.0 Å². The van der Waals surface area contributed by atoms with Gasteiger partial charge in [-0.2, -0.15) is 18.3 Å². The number of rotatable bonds is 11. The second kappa shape index (κ2) is 14.7. The zero-order valence-corrected chi connectivity index (χ0v) is 28.2. The van der Waals surface area contributed by atoms with Gasteiger partial charge in [-0.3, -0.25) is 4.79 Å². The fraction of sp³-hybridized carbons (Fsp3) is 0.361. The number of benzene rings is 3. The molecule has 5 rings (SSSR count). The van der Waals surface area contributed by atoms with Crippen LogP contribution >= 0.6 is 0 Å². The van der Waals surface area contributed by atoms with Crippen molar-refractivity contribution in [2.45, 2.75) is 71.3 Å². The summed E-state index contributed by atoms with van der Waals surface area (Å²) in [5, 5.41) is 12.3. The highest BCUT2D eigenvalue weighted by molar-refractivity contribution is 6.03. The molecule has 51 heavy (non-hydrogen) atoms. The van der Waals surface area contributed by atoms with Gasteiger partial charge in [0.15, 0.2) is 5.69 Å². The lowest BCUT2D eigenvalue weighted by atomic mass is 9.96. The molecular formula is C36H37F6N5O4. The van der Waals surface area contributed by atoms with Crippen LogP contribution in [0, 0.1) is 12.8 Å². The van der Waals surface area contributed by atoms with Gasteiger partial charge in [-0.15, -0.1) is 13.2 Å². The number of ether oxygens (including phenoxy) is 2. The molecule has 9 nitrogen and oxygen atoms in total. The summed E-state index contributed by atoms with van der Waals surface area (Å²) in [5.41, 5.74) is 0.0409. The number of alkyl carbamates (subject to hydrolysis) is 1. The van der Waals surface area contributed by atoms with Gasteiger partial charge in [0.25, 0.3) is 5.91 Å². The Kier molecular flexibility index (Phi) is 10.7. The van der Waals surface area contributed by atoms with E-state index in [2.05, 4.69) is 25.8 Å². The summed E-state index contributed by atoms with van der Waals surface area (Å²) < 4.78 is 91.1. The van der Waals surface area contributed by atoms with Crippen molar-refractivity contribution >= 4 is 17.7 Å². The van der Waals surface area contributed by atoms with Crippen LogP contribution in [-0.2, 0) is 17.5 Å². The van der Waals surface area contributed by atoms with Crippen LogP contribution in [0.1, 0.15) is 78.1 Å². The molecule has 1 aromatic heterocycles. The van der Waals surface area contributed by atoms with Crippen molar-refractivity contribution in [3.8, 4) is 11.4 Å². The average Bonchev–Trinajstić information content (AvgIpc) is 3.71. The van der Waals surface area contributed by atoms with E-state index in [4.69, 9.17) is 4.74 Å². The van der Waals surface area contributed by atoms with Crippen molar-refractivity contribution in [1.29, 1.82) is 0 Å². The number of aromatic nitrogens is 2. The van der Waals surface area contributed by atoms with Crippen LogP contribution in [0.15, 0.2) is 72.8 Å². The van der Waals surface area contributed by atoms with Gasteiger partial charge in [0.05, 0.1) is 11.7 Å². The number of carbonyl (C=O) groups excluding carboxylic acids is 2. The Hall–Kier alpha value is -5.05. The molecule has 1 atom stereocenters. The van der Waals surface area contributed by atoms with Crippen molar-refractivity contribution in [2.24, 2.45) is 5.92 Å². The maximum atomic E-state index is 13.8. The minimum absolute atomic E-state index is 0.00875. The number of hydrogen-bond donors (Lipinski definition) is 3. The summed E-state index contributed by atoms with van der Waals surface area (Å²) in [5.74, 6) is -0.856. The summed E-state index contributed by atoms with van der Waals surface area (Å²) in [6.07, 6.45) is -8.40. The van der Waals surface area contributed by atoms with E-state index in [1.807, 2.05) is 0 Å². The predicted molar refractivity (Wildman–Crippen MR) is 176 cm³/mol. The largest absolute Gasteiger partial charge is 0.573 e. The molecule has 4 aromatic rings. The Morgan fingerprint density at radius 2 is 1.65 bits per heavy atom. The van der Waals surface area contributed by atoms with Crippen molar-refractivity contribution in [3.63, 3.8) is 0 Å². The van der Waals surface area contributed by atoms with E-state index in [0.717, 1.165) is 17.5 Å². The molecule has 0 radical (unpaired) electrons. The minimum atomic E-state index is -4.89. The van der Waals surface area contributed by atoms with Gasteiger partial charge in [-0.05, 0) is 112 Å². The number of anilines is 1. The molecule has 0 saturated heterocycles. The van der Waals surface area contributed by atoms with E-state index in [1.54, 1.807) is 70.2 Å². The third-order valence-electron chi connectivity index (χ3n) is 7.65. The monoisotopic (exact) mass is 717 g/mol. The number of nitrogens with one attached hydrogen (secondary N) is 3. The van der Waals surface area contributed by atoms with E-state index in [9.17, 15) is 35.9 Å². The quantitative estimate of drug-likeness (QED) is 0.135. The Balaban J connectivity index is 1.42. The fourth-order valence-corrected chi connectivity index (χ4v) is 5.33. The first-order valence-electron chi connectivity index (χ1n) is 16.1. The third kappa shape index (κ3) is 10.7. The molecule has 15 heteroatoms. The Morgan fingerprint density at radius 1 is 0.922 bits per heavy atom. The van der Waals surface area contributed by atoms with Crippen LogP contribution in [-0.4, -0.2) is 40.3 Å². The number of alkyl halides is 6. The smallest absolute Gasteiger partial charge is 0.444 e. The van der Waals surface area contributed by atoms with E-state index in [1.165, 1.54) is 24.3 Å². The highest BCUT2D eigenvalue weighted by atomic mass is 19.4. The van der Waals surface area contributed by atoms with Gasteiger partial charge in [0, 0.05) is 18.3 Å². The van der Waals surface area contributed by atoms with E-state index in [0.29, 0.717) is 40.8 Å². The molecule has 1 unspecified atom stereocenters. The highest BCUT2D eigenvalue weighted by Gasteiger charge is 2.36. The number of carbonyl (C=O) groups is 2. The molecule has 0 spiro atoms. The average molecular weight is 718 g/mol. The summed E-state index contributed by atoms with van der Waals surface area (Å²) in [4.78, 5) is 25.8. The van der Waals surface area contributed by atoms with Crippen LogP contribution in [0.2, 0.25) is 0 Å². The molecular weight excluding hydrogens is 680 g/mol. The number of nitrogens with zero attached hydrogens (tertiary/aromatic N) is 2. The summed E-state index contributed by atoms with van der Waals surface area (Å²) in [7, 11) is 0. The number of hydrogen-bond acceptors (Lipinski definition) is 6. The van der Waals surface area contributed by atoms with Gasteiger partial charge in [-0.1, -0.05) is 30.3 Å². The summed E-state index contributed by atoms with van der Waals surface area (Å²) >= 11 is 0. The van der Waals surface area contributed by atoms with E-state index >= 15 is 0 Å². The first-order chi connectivity index (χ1) is 23.8. The number of amides is 2. The molecule has 1 aliphatic carbocycles. The third-order valence-corrected chi connectivity index (χ3v) is 7.65. The minimum Gasteiger partial charge on any atom is -0.444 e. The summed E-state index contributed by atoms with van der Waals surface area (Å²) in [6.45, 7) is 7.34. The van der Waals surface area contributed by atoms with E-state index in [-0.39, 0.29) is 23.7 Å². The maximum absolute atomic E-state index is 13.8. The number of halogens is 6. The van der Waals surface area contributed by atoms with Crippen molar-refractivity contribution in [1.82, 2.24) is 20.4 Å².